The van der Waals surface area contributed by atoms with Gasteiger partial charge >= 0.3 is 64.7 Å². The van der Waals surface area contributed by atoms with E-state index in [9.17, 15) is 0 Å². The van der Waals surface area contributed by atoms with Crippen LogP contribution in [-0.4, -0.2) is 58.8 Å². The predicted molar refractivity (Wildman–Crippen MR) is 36.2 cm³/mol. The normalized spacial score (nSPS) is 18.5. The molecule has 5 nitrogen and oxygen atoms in total. The van der Waals surface area contributed by atoms with E-state index in [0.29, 0.717) is 0 Å². The fourth-order valence-corrected chi connectivity index (χ4v) is 1.75. The van der Waals surface area contributed by atoms with E-state index in [2.05, 4.69) is 0 Å². The number of rotatable bonds is 3. The Balaban J connectivity index is 4.08. The molecule has 0 aliphatic carbocycles. The first-order valence-electron chi connectivity index (χ1n) is 2.41. The molecule has 0 saturated heterocycles. The van der Waals surface area contributed by atoms with Crippen molar-refractivity contribution in [2.45, 2.75) is 11.9 Å². The molecular formula is C3H9O5PSe. The second-order valence-electron chi connectivity index (χ2n) is 1.75. The van der Waals surface area contributed by atoms with Crippen LogP contribution in [0.4, 0.5) is 0 Å². The van der Waals surface area contributed by atoms with Crippen molar-refractivity contribution in [3.63, 3.8) is 0 Å². The Bertz CT molecular complexity index is 144. The summed E-state index contributed by atoms with van der Waals surface area (Å²) in [5, 5.41) is 25.7. The minimum absolute atomic E-state index is 0.703. The molecule has 0 heterocycles. The molecule has 0 saturated carbocycles. The van der Waals surface area contributed by atoms with Crippen molar-refractivity contribution in [2.24, 2.45) is 0 Å². The van der Waals surface area contributed by atoms with Gasteiger partial charge in [0.2, 0.25) is 0 Å². The maximum atomic E-state index is 8.76. The second kappa shape index (κ2) is 3.95. The Morgan fingerprint density at radius 1 is 1.30 bits per heavy atom. The molecule has 0 fully saturated rings. The molecule has 5 N–H and O–H groups in total. The monoisotopic (exact) mass is 236 g/mol. The van der Waals surface area contributed by atoms with Crippen molar-refractivity contribution in [3.8, 4) is 0 Å². The first-order valence-corrected chi connectivity index (χ1v) is 6.39. The second-order valence-corrected chi connectivity index (χ2v) is 6.84. The molecule has 0 rings (SSSR count). The van der Waals surface area contributed by atoms with Gasteiger partial charge in [0.1, 0.15) is 0 Å². The van der Waals surface area contributed by atoms with Crippen molar-refractivity contribution < 1.29 is 25.1 Å². The van der Waals surface area contributed by atoms with Crippen LogP contribution in [0, 0.1) is 0 Å². The summed E-state index contributed by atoms with van der Waals surface area (Å²) in [6, 6.07) is 0. The Morgan fingerprint density at radius 3 is 1.80 bits per heavy atom. The Kier molecular flexibility index (Phi) is 4.24. The van der Waals surface area contributed by atoms with Gasteiger partial charge in [-0.1, -0.05) is 0 Å². The third kappa shape index (κ3) is 3.23. The number of aliphatic hydroxyl groups is 3. The third-order valence-corrected chi connectivity index (χ3v) is 3.27. The molecule has 10 heavy (non-hydrogen) atoms. The number of hydrogen-bond donors (Lipinski definition) is 5. The van der Waals surface area contributed by atoms with Gasteiger partial charge in [0.25, 0.3) is 0 Å². The molecule has 0 amide bonds. The fraction of sp³-hybridized carbons (Fsp3) is 1.00. The van der Waals surface area contributed by atoms with Crippen LogP contribution in [0.3, 0.4) is 0 Å². The molecule has 0 spiro atoms. The van der Waals surface area contributed by atoms with Gasteiger partial charge in [-0.25, -0.2) is 0 Å². The van der Waals surface area contributed by atoms with Crippen LogP contribution in [0.25, 0.3) is 0 Å². The molecule has 0 aromatic rings. The zero-order valence-electron chi connectivity index (χ0n) is 4.95. The molecule has 1 unspecified atom stereocenters. The predicted octanol–water partition coefficient (Wildman–Crippen LogP) is -2.43. The van der Waals surface area contributed by atoms with Crippen LogP contribution < -0.4 is 0 Å². The van der Waals surface area contributed by atoms with E-state index in [4.69, 9.17) is 25.1 Å². The molecule has 62 valence electrons. The number of aliphatic hydroxyl groups excluding tert-OH is 3. The van der Waals surface area contributed by atoms with Crippen molar-refractivity contribution in [2.75, 3.05) is 6.61 Å². The maximum absolute atomic E-state index is 8.76. The SMILES string of the molecule is OC[C@H](O)C(O)P(O)(O)=[Se]. The summed E-state index contributed by atoms with van der Waals surface area (Å²) in [7, 11) is 0. The summed E-state index contributed by atoms with van der Waals surface area (Å²) in [4.78, 5) is 17.4. The van der Waals surface area contributed by atoms with Crippen molar-refractivity contribution in [1.29, 1.82) is 0 Å². The number of hydrogen-bond acceptors (Lipinski definition) is 5. The zero-order valence-corrected chi connectivity index (χ0v) is 7.56. The minimum atomic E-state index is -3.56. The van der Waals surface area contributed by atoms with Gasteiger partial charge in [-0.3, -0.25) is 0 Å². The average Bonchev–Trinajstić information content (AvgIpc) is 1.83. The van der Waals surface area contributed by atoms with E-state index >= 15 is 0 Å². The summed E-state index contributed by atoms with van der Waals surface area (Å²) in [6.45, 7) is -0.703. The molecule has 0 aromatic heterocycles. The van der Waals surface area contributed by atoms with E-state index in [-0.39, 0.29) is 0 Å². The summed E-state index contributed by atoms with van der Waals surface area (Å²) < 4.78 is 0. The van der Waals surface area contributed by atoms with Gasteiger partial charge in [-0.05, 0) is 0 Å². The third-order valence-electron chi connectivity index (χ3n) is 0.876. The van der Waals surface area contributed by atoms with Crippen LogP contribution in [0.1, 0.15) is 0 Å². The van der Waals surface area contributed by atoms with Crippen LogP contribution in [0.5, 0.6) is 0 Å². The van der Waals surface area contributed by atoms with E-state index in [1.165, 1.54) is 0 Å². The molecule has 0 aliphatic rings. The average molecular weight is 235 g/mol. The van der Waals surface area contributed by atoms with Crippen LogP contribution in [-0.2, 0) is 0 Å². The quantitative estimate of drug-likeness (QED) is 0.276. The van der Waals surface area contributed by atoms with E-state index < -0.39 is 24.5 Å². The summed E-state index contributed by atoms with van der Waals surface area (Å²) >= 11 is 1.93. The van der Waals surface area contributed by atoms with Gasteiger partial charge in [-0.15, -0.1) is 0 Å². The zero-order chi connectivity index (χ0) is 8.36. The van der Waals surface area contributed by atoms with Crippen molar-refractivity contribution in [3.05, 3.63) is 0 Å². The van der Waals surface area contributed by atoms with Gasteiger partial charge in [-0.2, -0.15) is 0 Å². The molecular weight excluding hydrogens is 226 g/mol. The van der Waals surface area contributed by atoms with E-state index in [1.54, 1.807) is 0 Å². The topological polar surface area (TPSA) is 101 Å². The van der Waals surface area contributed by atoms with Gasteiger partial charge in [0.15, 0.2) is 0 Å². The van der Waals surface area contributed by atoms with E-state index in [0.717, 1.165) is 0 Å². The van der Waals surface area contributed by atoms with Gasteiger partial charge in [0, 0.05) is 0 Å². The molecule has 0 radical (unpaired) electrons. The summed E-state index contributed by atoms with van der Waals surface area (Å²) in [5.74, 6) is -5.26. The fourth-order valence-electron chi connectivity index (χ4n) is 0.318. The van der Waals surface area contributed by atoms with Crippen LogP contribution >= 0.6 is 5.96 Å². The Labute approximate surface area is 65.3 Å². The first-order chi connectivity index (χ1) is 4.39. The van der Waals surface area contributed by atoms with Gasteiger partial charge in [0.05, 0.1) is 0 Å². The Hall–Kier alpha value is 0.749. The molecule has 0 aromatic carbocycles. The van der Waals surface area contributed by atoms with Gasteiger partial charge < -0.3 is 0 Å². The molecule has 7 heteroatoms. The molecule has 2 atom stereocenters. The molecule has 0 bridgehead atoms. The first kappa shape index (κ1) is 10.7. The van der Waals surface area contributed by atoms with E-state index in [1.807, 2.05) is 15.1 Å². The Morgan fingerprint density at radius 2 is 1.70 bits per heavy atom. The van der Waals surface area contributed by atoms with Crippen molar-refractivity contribution >= 4 is 21.1 Å². The van der Waals surface area contributed by atoms with Crippen molar-refractivity contribution in [1.82, 2.24) is 0 Å². The van der Waals surface area contributed by atoms with Crippen LogP contribution in [0.15, 0.2) is 0 Å². The molecule has 0 aliphatic heterocycles. The summed E-state index contributed by atoms with van der Waals surface area (Å²) in [6.07, 6.45) is -1.51. The van der Waals surface area contributed by atoms with Crippen LogP contribution in [0.2, 0.25) is 0 Å². The summed E-state index contributed by atoms with van der Waals surface area (Å²) in [5.41, 5.74) is 0. The standard InChI is InChI=1S/C3H9O5PSe/c4-1-2(5)3(6)9(7,8)10/h2-6H,1H2,(H2,7,8,10)/t2-,3?/m0/s1.